The Morgan fingerprint density at radius 2 is 2.35 bits per heavy atom. The molecule has 20 heavy (non-hydrogen) atoms. The van der Waals surface area contributed by atoms with Crippen LogP contribution in [0.4, 0.5) is 0 Å². The largest absolute Gasteiger partial charge is 0.507 e. The zero-order chi connectivity index (χ0) is 14.5. The van der Waals surface area contributed by atoms with E-state index in [1.807, 2.05) is 6.92 Å². The summed E-state index contributed by atoms with van der Waals surface area (Å²) in [6.07, 6.45) is 3.87. The van der Waals surface area contributed by atoms with E-state index in [0.29, 0.717) is 16.6 Å². The number of halogens is 1. The maximum atomic E-state index is 12.0. The maximum absolute atomic E-state index is 12.0. The van der Waals surface area contributed by atoms with Crippen LogP contribution in [0.2, 0.25) is 0 Å². The Balaban J connectivity index is 1.88. The van der Waals surface area contributed by atoms with Crippen molar-refractivity contribution in [3.63, 3.8) is 0 Å². The van der Waals surface area contributed by atoms with E-state index in [4.69, 9.17) is 0 Å². The van der Waals surface area contributed by atoms with Crippen molar-refractivity contribution in [1.29, 1.82) is 0 Å². The molecule has 2 rings (SSSR count). The van der Waals surface area contributed by atoms with Gasteiger partial charge in [-0.25, -0.2) is 4.98 Å². The molecular weight excluding hydrogens is 324 g/mol. The van der Waals surface area contributed by atoms with E-state index in [0.717, 1.165) is 6.42 Å². The second kappa shape index (κ2) is 6.51. The van der Waals surface area contributed by atoms with E-state index in [1.165, 1.54) is 12.4 Å². The lowest BCUT2D eigenvalue weighted by molar-refractivity contribution is 0.0937. The number of carbonyl (C=O) groups is 1. The summed E-state index contributed by atoms with van der Waals surface area (Å²) in [5.41, 5.74) is 0.429. The third-order valence-corrected chi connectivity index (χ3v) is 3.51. The minimum atomic E-state index is -0.209. The van der Waals surface area contributed by atoms with Crippen LogP contribution < -0.4 is 5.32 Å². The van der Waals surface area contributed by atoms with Crippen molar-refractivity contribution in [3.05, 3.63) is 40.9 Å². The van der Waals surface area contributed by atoms with Gasteiger partial charge in [-0.2, -0.15) is 5.10 Å². The number of aromatic hydroxyl groups is 1. The molecular formula is C13H15BrN4O2. The molecule has 6 nitrogen and oxygen atoms in total. The van der Waals surface area contributed by atoms with Gasteiger partial charge in [0.1, 0.15) is 18.4 Å². The Kier molecular flexibility index (Phi) is 4.73. The summed E-state index contributed by atoms with van der Waals surface area (Å²) < 4.78 is 2.28. The van der Waals surface area contributed by atoms with Gasteiger partial charge >= 0.3 is 0 Å². The van der Waals surface area contributed by atoms with Gasteiger partial charge in [0.05, 0.1) is 4.47 Å². The first-order valence-electron chi connectivity index (χ1n) is 6.18. The van der Waals surface area contributed by atoms with Crippen molar-refractivity contribution >= 4 is 21.8 Å². The highest BCUT2D eigenvalue weighted by atomic mass is 79.9. The molecule has 0 aliphatic carbocycles. The number of aromatic nitrogens is 3. The molecule has 1 heterocycles. The first-order valence-corrected chi connectivity index (χ1v) is 6.97. The summed E-state index contributed by atoms with van der Waals surface area (Å²) in [5.74, 6) is -0.160. The number of phenolic OH excluding ortho intramolecular Hbond substituents is 1. The van der Waals surface area contributed by atoms with Crippen LogP contribution in [0.15, 0.2) is 35.3 Å². The quantitative estimate of drug-likeness (QED) is 0.873. The maximum Gasteiger partial charge on any atom is 0.251 e. The van der Waals surface area contributed by atoms with Crippen LogP contribution in [0.3, 0.4) is 0 Å². The van der Waals surface area contributed by atoms with Crippen LogP contribution in [0.25, 0.3) is 0 Å². The van der Waals surface area contributed by atoms with Crippen LogP contribution in [0.1, 0.15) is 23.7 Å². The molecule has 0 saturated heterocycles. The number of nitrogens with zero attached hydrogens (tertiary/aromatic N) is 3. The van der Waals surface area contributed by atoms with Crippen LogP contribution in [0.5, 0.6) is 5.75 Å². The summed E-state index contributed by atoms with van der Waals surface area (Å²) in [4.78, 5) is 15.9. The fourth-order valence-corrected chi connectivity index (χ4v) is 1.95. The van der Waals surface area contributed by atoms with Gasteiger partial charge in [0, 0.05) is 18.2 Å². The van der Waals surface area contributed by atoms with Gasteiger partial charge in [-0.3, -0.25) is 9.48 Å². The molecule has 2 aromatic rings. The molecule has 0 unspecified atom stereocenters. The number of rotatable bonds is 5. The Morgan fingerprint density at radius 1 is 1.55 bits per heavy atom. The molecule has 2 N–H and O–H groups in total. The van der Waals surface area contributed by atoms with Crippen molar-refractivity contribution in [2.45, 2.75) is 25.9 Å². The number of carbonyl (C=O) groups excluding carboxylic acids is 1. The Morgan fingerprint density at radius 3 is 3.00 bits per heavy atom. The first kappa shape index (κ1) is 14.5. The van der Waals surface area contributed by atoms with Gasteiger partial charge < -0.3 is 10.4 Å². The highest BCUT2D eigenvalue weighted by molar-refractivity contribution is 9.10. The summed E-state index contributed by atoms with van der Waals surface area (Å²) >= 11 is 3.18. The minimum Gasteiger partial charge on any atom is -0.507 e. The van der Waals surface area contributed by atoms with Crippen molar-refractivity contribution in [3.8, 4) is 5.75 Å². The molecule has 0 radical (unpaired) electrons. The molecule has 1 aromatic carbocycles. The van der Waals surface area contributed by atoms with Gasteiger partial charge in [0.2, 0.25) is 0 Å². The van der Waals surface area contributed by atoms with E-state index >= 15 is 0 Å². The van der Waals surface area contributed by atoms with E-state index in [2.05, 4.69) is 31.3 Å². The van der Waals surface area contributed by atoms with E-state index < -0.39 is 0 Å². The Hall–Kier alpha value is -1.89. The van der Waals surface area contributed by atoms with Crippen LogP contribution >= 0.6 is 15.9 Å². The molecule has 7 heteroatoms. The number of hydrogen-bond acceptors (Lipinski definition) is 4. The number of hydrogen-bond donors (Lipinski definition) is 2. The van der Waals surface area contributed by atoms with Crippen molar-refractivity contribution < 1.29 is 9.90 Å². The number of aryl methyl sites for hydroxylation is 1. The highest BCUT2D eigenvalue weighted by Gasteiger charge is 2.11. The number of nitrogens with one attached hydrogen (secondary N) is 1. The lowest BCUT2D eigenvalue weighted by atomic mass is 10.1. The molecule has 1 atom stereocenters. The second-order valence-electron chi connectivity index (χ2n) is 4.49. The minimum absolute atomic E-state index is 0.00232. The molecule has 0 bridgehead atoms. The average molecular weight is 339 g/mol. The molecule has 0 fully saturated rings. The molecule has 1 amide bonds. The molecule has 1 aromatic heterocycles. The summed E-state index contributed by atoms with van der Waals surface area (Å²) in [7, 11) is 0. The molecule has 0 aliphatic heterocycles. The van der Waals surface area contributed by atoms with Gasteiger partial charge in [0.25, 0.3) is 5.91 Å². The van der Waals surface area contributed by atoms with E-state index in [-0.39, 0.29) is 17.7 Å². The predicted octanol–water partition coefficient (Wildman–Crippen LogP) is 1.95. The van der Waals surface area contributed by atoms with Crippen LogP contribution in [-0.4, -0.2) is 31.8 Å². The van der Waals surface area contributed by atoms with Crippen LogP contribution in [-0.2, 0) is 6.54 Å². The third-order valence-electron chi connectivity index (χ3n) is 2.84. The van der Waals surface area contributed by atoms with Crippen LogP contribution in [0, 0.1) is 0 Å². The van der Waals surface area contributed by atoms with Gasteiger partial charge in [-0.15, -0.1) is 0 Å². The SMILES string of the molecule is C[C@H](CCn1cncn1)NC(=O)c1ccc(Br)c(O)c1. The Labute approximate surface area is 125 Å². The second-order valence-corrected chi connectivity index (χ2v) is 5.34. The Bertz CT molecular complexity index is 586. The monoisotopic (exact) mass is 338 g/mol. The number of amides is 1. The molecule has 0 saturated carbocycles. The molecule has 0 spiro atoms. The zero-order valence-electron chi connectivity index (χ0n) is 11.0. The normalized spacial score (nSPS) is 12.1. The first-order chi connectivity index (χ1) is 9.56. The third kappa shape index (κ3) is 3.80. The van der Waals surface area contributed by atoms with E-state index in [1.54, 1.807) is 23.1 Å². The highest BCUT2D eigenvalue weighted by Crippen LogP contribution is 2.24. The van der Waals surface area contributed by atoms with Crippen molar-refractivity contribution in [2.75, 3.05) is 0 Å². The van der Waals surface area contributed by atoms with Gasteiger partial charge in [-0.1, -0.05) is 0 Å². The lowest BCUT2D eigenvalue weighted by Gasteiger charge is -2.14. The summed E-state index contributed by atoms with van der Waals surface area (Å²) in [5, 5.41) is 16.4. The molecule has 106 valence electrons. The summed E-state index contributed by atoms with van der Waals surface area (Å²) in [6, 6.07) is 4.73. The van der Waals surface area contributed by atoms with Crippen molar-refractivity contribution in [2.24, 2.45) is 0 Å². The lowest BCUT2D eigenvalue weighted by Crippen LogP contribution is -2.33. The summed E-state index contributed by atoms with van der Waals surface area (Å²) in [6.45, 7) is 2.61. The van der Waals surface area contributed by atoms with Crippen molar-refractivity contribution in [1.82, 2.24) is 20.1 Å². The number of benzene rings is 1. The topological polar surface area (TPSA) is 80.0 Å². The standard InChI is InChI=1S/C13H15BrN4O2/c1-9(4-5-18-8-15-7-16-18)17-13(20)10-2-3-11(14)12(19)6-10/h2-3,6-9,19H,4-5H2,1H3,(H,17,20)/t9-/m1/s1. The number of phenols is 1. The smallest absolute Gasteiger partial charge is 0.251 e. The van der Waals surface area contributed by atoms with E-state index in [9.17, 15) is 9.90 Å². The molecule has 0 aliphatic rings. The fourth-order valence-electron chi connectivity index (χ4n) is 1.71. The average Bonchev–Trinajstić information content (AvgIpc) is 2.92. The predicted molar refractivity (Wildman–Crippen MR) is 77.4 cm³/mol. The fraction of sp³-hybridized carbons (Fsp3) is 0.308. The van der Waals surface area contributed by atoms with Gasteiger partial charge in [0.15, 0.2) is 0 Å². The zero-order valence-corrected chi connectivity index (χ0v) is 12.5. The van der Waals surface area contributed by atoms with Gasteiger partial charge in [-0.05, 0) is 47.5 Å².